The second-order valence-corrected chi connectivity index (χ2v) is 5.34. The first kappa shape index (κ1) is 19.5. The van der Waals surface area contributed by atoms with E-state index in [0.29, 0.717) is 5.75 Å². The average Bonchev–Trinajstić information content (AvgIpc) is 1.99. The molecule has 0 saturated heterocycles. The molecule has 7 heteroatoms. The minimum absolute atomic E-state index is 0. The van der Waals surface area contributed by atoms with E-state index >= 15 is 0 Å². The number of phenols is 1. The standard InChI is InChI=1S/C10H14O.Na.H3O4P.H/c1-10(2,3)8-4-6-9(11)7-5-8;;1-5(2,3)4;/h4-7,11H,1-3H3;;(H3,1,2,3,4);/q;+1;;-1. The Bertz CT molecular complexity index is 363. The summed E-state index contributed by atoms with van der Waals surface area (Å²) in [5.41, 5.74) is 1.42. The first-order chi connectivity index (χ1) is 7.00. The predicted octanol–water partition coefficient (Wildman–Crippen LogP) is -1.12. The molecule has 5 nitrogen and oxygen atoms in total. The van der Waals surface area contributed by atoms with E-state index in [1.54, 1.807) is 12.1 Å². The van der Waals surface area contributed by atoms with Crippen LogP contribution in [0.4, 0.5) is 0 Å². The third-order valence-corrected chi connectivity index (χ3v) is 1.73. The van der Waals surface area contributed by atoms with Gasteiger partial charge in [-0.2, -0.15) is 0 Å². The van der Waals surface area contributed by atoms with Gasteiger partial charge < -0.3 is 21.2 Å². The fraction of sp³-hybridized carbons (Fsp3) is 0.400. The van der Waals surface area contributed by atoms with Crippen molar-refractivity contribution in [1.82, 2.24) is 0 Å². The molecule has 1 aromatic carbocycles. The maximum absolute atomic E-state index is 9.02. The Morgan fingerprint density at radius 3 is 1.59 bits per heavy atom. The Morgan fingerprint density at radius 1 is 1.06 bits per heavy atom. The molecule has 0 aromatic heterocycles. The molecule has 0 radical (unpaired) electrons. The fourth-order valence-corrected chi connectivity index (χ4v) is 0.961. The minimum atomic E-state index is -4.64. The van der Waals surface area contributed by atoms with Gasteiger partial charge in [0, 0.05) is 0 Å². The van der Waals surface area contributed by atoms with Crippen molar-refractivity contribution in [2.45, 2.75) is 26.2 Å². The molecule has 94 valence electrons. The van der Waals surface area contributed by atoms with Gasteiger partial charge in [0.2, 0.25) is 0 Å². The Labute approximate surface area is 125 Å². The number of phosphoric acid groups is 1. The summed E-state index contributed by atoms with van der Waals surface area (Å²) in [7, 11) is -4.64. The quantitative estimate of drug-likeness (QED) is 0.354. The van der Waals surface area contributed by atoms with Crippen LogP contribution >= 0.6 is 7.82 Å². The Balaban J connectivity index is -0.000000282. The Kier molecular flexibility index (Phi) is 8.63. The molecule has 0 aliphatic rings. The number of hydrogen-bond donors (Lipinski definition) is 4. The van der Waals surface area contributed by atoms with Gasteiger partial charge in [0.15, 0.2) is 0 Å². The average molecular weight is 272 g/mol. The predicted molar refractivity (Wildman–Crippen MR) is 62.2 cm³/mol. The molecule has 0 aliphatic heterocycles. The summed E-state index contributed by atoms with van der Waals surface area (Å²) in [4.78, 5) is 21.6. The van der Waals surface area contributed by atoms with Crippen molar-refractivity contribution in [3.8, 4) is 5.75 Å². The van der Waals surface area contributed by atoms with E-state index in [9.17, 15) is 0 Å². The molecular weight excluding hydrogens is 254 g/mol. The van der Waals surface area contributed by atoms with Crippen LogP contribution in [-0.2, 0) is 9.98 Å². The summed E-state index contributed by atoms with van der Waals surface area (Å²) in [6.45, 7) is 6.46. The van der Waals surface area contributed by atoms with E-state index < -0.39 is 7.82 Å². The second-order valence-electron chi connectivity index (χ2n) is 4.31. The molecule has 0 spiro atoms. The van der Waals surface area contributed by atoms with Crippen LogP contribution in [0, 0.1) is 0 Å². The molecule has 0 heterocycles. The van der Waals surface area contributed by atoms with Gasteiger partial charge in [-0.05, 0) is 23.1 Å². The van der Waals surface area contributed by atoms with Crippen LogP contribution in [-0.4, -0.2) is 19.8 Å². The van der Waals surface area contributed by atoms with Crippen LogP contribution in [0.1, 0.15) is 27.8 Å². The smallest absolute Gasteiger partial charge is 1.00 e. The van der Waals surface area contributed by atoms with Crippen molar-refractivity contribution >= 4 is 7.82 Å². The van der Waals surface area contributed by atoms with Gasteiger partial charge in [0.25, 0.3) is 0 Å². The van der Waals surface area contributed by atoms with Gasteiger partial charge in [0.1, 0.15) is 5.75 Å². The van der Waals surface area contributed by atoms with Crippen molar-refractivity contribution in [2.24, 2.45) is 0 Å². The zero-order valence-electron chi connectivity index (χ0n) is 11.5. The maximum atomic E-state index is 9.02. The number of benzene rings is 1. The topological polar surface area (TPSA) is 98.0 Å². The SMILES string of the molecule is CC(C)(C)c1ccc(O)cc1.O=P(O)(O)O.[H-].[Na+]. The third-order valence-electron chi connectivity index (χ3n) is 1.73. The van der Waals surface area contributed by atoms with Gasteiger partial charge >= 0.3 is 37.4 Å². The fourth-order valence-electron chi connectivity index (χ4n) is 0.961. The molecule has 0 aliphatic carbocycles. The number of aromatic hydroxyl groups is 1. The van der Waals surface area contributed by atoms with E-state index in [0.717, 1.165) is 0 Å². The molecule has 0 bridgehead atoms. The second kappa shape index (κ2) is 7.54. The van der Waals surface area contributed by atoms with Crippen molar-refractivity contribution in [3.63, 3.8) is 0 Å². The molecule has 0 saturated carbocycles. The summed E-state index contributed by atoms with van der Waals surface area (Å²) >= 11 is 0. The summed E-state index contributed by atoms with van der Waals surface area (Å²) in [6, 6.07) is 7.35. The molecule has 1 aromatic rings. The molecule has 0 atom stereocenters. The van der Waals surface area contributed by atoms with E-state index in [2.05, 4.69) is 20.8 Å². The first-order valence-electron chi connectivity index (χ1n) is 4.58. The third kappa shape index (κ3) is 12.4. The van der Waals surface area contributed by atoms with Crippen molar-refractivity contribution in [2.75, 3.05) is 0 Å². The van der Waals surface area contributed by atoms with Crippen LogP contribution in [0.3, 0.4) is 0 Å². The van der Waals surface area contributed by atoms with Crippen molar-refractivity contribution in [1.29, 1.82) is 0 Å². The molecule has 4 N–H and O–H groups in total. The van der Waals surface area contributed by atoms with Gasteiger partial charge in [-0.3, -0.25) is 0 Å². The van der Waals surface area contributed by atoms with Gasteiger partial charge in [0.05, 0.1) is 0 Å². The van der Waals surface area contributed by atoms with E-state index in [1.807, 2.05) is 12.1 Å². The number of rotatable bonds is 0. The van der Waals surface area contributed by atoms with Crippen LogP contribution in [0.5, 0.6) is 5.75 Å². The molecular formula is C10H18NaO5P. The van der Waals surface area contributed by atoms with Crippen LogP contribution < -0.4 is 29.6 Å². The summed E-state index contributed by atoms with van der Waals surface area (Å²) in [5, 5.41) is 9.02. The van der Waals surface area contributed by atoms with Gasteiger partial charge in [-0.25, -0.2) is 4.57 Å². The molecule has 1 rings (SSSR count). The molecule has 0 fully saturated rings. The van der Waals surface area contributed by atoms with Crippen molar-refractivity contribution in [3.05, 3.63) is 29.8 Å². The summed E-state index contributed by atoms with van der Waals surface area (Å²) in [6.07, 6.45) is 0. The van der Waals surface area contributed by atoms with Crippen molar-refractivity contribution < 1.29 is 55.3 Å². The molecule has 0 unspecified atom stereocenters. The monoisotopic (exact) mass is 272 g/mol. The normalized spacial score (nSPS) is 10.9. The van der Waals surface area contributed by atoms with E-state index in [1.165, 1.54) is 5.56 Å². The maximum Gasteiger partial charge on any atom is 1.00 e. The summed E-state index contributed by atoms with van der Waals surface area (Å²) in [5.74, 6) is 0.331. The number of hydrogen-bond acceptors (Lipinski definition) is 2. The van der Waals surface area contributed by atoms with Gasteiger partial charge in [-0.1, -0.05) is 32.9 Å². The zero-order valence-corrected chi connectivity index (χ0v) is 13.3. The Hall–Kier alpha value is 0.130. The van der Waals surface area contributed by atoms with Crippen LogP contribution in [0.25, 0.3) is 0 Å². The minimum Gasteiger partial charge on any atom is -1.00 e. The van der Waals surface area contributed by atoms with Gasteiger partial charge in [-0.15, -0.1) is 0 Å². The largest absolute Gasteiger partial charge is 1.00 e. The zero-order chi connectivity index (χ0) is 13.0. The van der Waals surface area contributed by atoms with E-state index in [-0.39, 0.29) is 36.4 Å². The molecule has 17 heavy (non-hydrogen) atoms. The van der Waals surface area contributed by atoms with E-state index in [4.69, 9.17) is 24.4 Å². The first-order valence-corrected chi connectivity index (χ1v) is 6.14. The van der Waals surface area contributed by atoms with Crippen LogP contribution in [0.15, 0.2) is 24.3 Å². The molecule has 0 amide bonds. The summed E-state index contributed by atoms with van der Waals surface area (Å²) < 4.78 is 8.88. The number of phenolic OH excluding ortho intramolecular Hbond substituents is 1. The van der Waals surface area contributed by atoms with Crippen LogP contribution in [0.2, 0.25) is 0 Å². The Morgan fingerprint density at radius 2 is 1.35 bits per heavy atom.